The van der Waals surface area contributed by atoms with Crippen molar-refractivity contribution in [3.8, 4) is 10.4 Å². The van der Waals surface area contributed by atoms with Crippen LogP contribution in [0.15, 0.2) is 35.7 Å². The molecule has 122 valence electrons. The van der Waals surface area contributed by atoms with E-state index in [9.17, 15) is 4.79 Å². The van der Waals surface area contributed by atoms with Gasteiger partial charge < -0.3 is 4.90 Å². The normalized spacial score (nSPS) is 23.5. The number of hydrogen-bond acceptors (Lipinski definition) is 4. The van der Waals surface area contributed by atoms with Crippen LogP contribution in [0.4, 0.5) is 0 Å². The highest BCUT2D eigenvalue weighted by Gasteiger charge is 2.44. The van der Waals surface area contributed by atoms with E-state index in [1.54, 1.807) is 11.3 Å². The molecule has 2 aliphatic rings. The molecule has 24 heavy (non-hydrogen) atoms. The minimum absolute atomic E-state index is 0.0604. The van der Waals surface area contributed by atoms with Crippen molar-refractivity contribution in [1.29, 1.82) is 0 Å². The number of hydrogen-bond donors (Lipinski definition) is 1. The molecule has 0 radical (unpaired) electrons. The van der Waals surface area contributed by atoms with Gasteiger partial charge in [0.05, 0.1) is 5.52 Å². The number of carbonyl (C=O) groups is 1. The third-order valence-electron chi connectivity index (χ3n) is 5.35. The Morgan fingerprint density at radius 2 is 2.21 bits per heavy atom. The summed E-state index contributed by atoms with van der Waals surface area (Å²) in [6.45, 7) is 1.79. The molecule has 0 saturated carbocycles. The van der Waals surface area contributed by atoms with Crippen molar-refractivity contribution in [3.63, 3.8) is 0 Å². The molecule has 2 fully saturated rings. The summed E-state index contributed by atoms with van der Waals surface area (Å²) in [5.74, 6) is 0.0604. The predicted molar refractivity (Wildman–Crippen MR) is 95.3 cm³/mol. The van der Waals surface area contributed by atoms with Gasteiger partial charge in [0.25, 0.3) is 5.91 Å². The predicted octanol–water partition coefficient (Wildman–Crippen LogP) is 2.82. The Labute approximate surface area is 143 Å². The maximum absolute atomic E-state index is 13.0. The maximum Gasteiger partial charge on any atom is 0.275 e. The summed E-state index contributed by atoms with van der Waals surface area (Å²) in [4.78, 5) is 18.6. The molecule has 2 aliphatic heterocycles. The molecule has 1 N–H and O–H groups in total. The summed E-state index contributed by atoms with van der Waals surface area (Å²) < 4.78 is 0. The average molecular weight is 338 g/mol. The quantitative estimate of drug-likeness (QED) is 0.782. The van der Waals surface area contributed by atoms with Crippen molar-refractivity contribution in [2.45, 2.75) is 18.5 Å². The highest BCUT2D eigenvalue weighted by Crippen LogP contribution is 2.33. The lowest BCUT2D eigenvalue weighted by molar-refractivity contribution is 0.0646. The topological polar surface area (TPSA) is 52.2 Å². The van der Waals surface area contributed by atoms with Gasteiger partial charge in [0.15, 0.2) is 5.69 Å². The number of piperazine rings is 1. The van der Waals surface area contributed by atoms with E-state index in [-0.39, 0.29) is 5.91 Å². The van der Waals surface area contributed by atoms with Gasteiger partial charge in [-0.2, -0.15) is 5.10 Å². The first kappa shape index (κ1) is 14.2. The fraction of sp³-hybridized carbons (Fsp3) is 0.333. The van der Waals surface area contributed by atoms with E-state index in [1.807, 2.05) is 17.0 Å². The van der Waals surface area contributed by atoms with Crippen LogP contribution in [-0.2, 0) is 0 Å². The molecule has 1 aromatic carbocycles. The molecule has 3 aromatic rings. The number of aromatic nitrogens is 2. The van der Waals surface area contributed by atoms with E-state index in [0.717, 1.165) is 36.0 Å². The third kappa shape index (κ3) is 2.03. The van der Waals surface area contributed by atoms with Crippen molar-refractivity contribution in [1.82, 2.24) is 20.0 Å². The van der Waals surface area contributed by atoms with Crippen molar-refractivity contribution in [2.24, 2.45) is 0 Å². The zero-order valence-corrected chi connectivity index (χ0v) is 14.2. The van der Waals surface area contributed by atoms with Crippen LogP contribution in [0.25, 0.3) is 21.3 Å². The lowest BCUT2D eigenvalue weighted by atomic mass is 10.1. The van der Waals surface area contributed by atoms with Gasteiger partial charge in [-0.25, -0.2) is 0 Å². The number of benzene rings is 1. The number of aromatic amines is 1. The molecule has 5 rings (SSSR count). The number of carbonyl (C=O) groups excluding carboxylic acids is 1. The van der Waals surface area contributed by atoms with Gasteiger partial charge in [0.1, 0.15) is 0 Å². The number of H-pyrrole nitrogens is 1. The van der Waals surface area contributed by atoms with Crippen LogP contribution in [0.5, 0.6) is 0 Å². The number of likely N-dealkylation sites (tertiary alicyclic amines) is 2. The Hall–Kier alpha value is -2.18. The molecule has 6 heteroatoms. The van der Waals surface area contributed by atoms with E-state index in [0.29, 0.717) is 17.8 Å². The number of rotatable bonds is 2. The zero-order valence-electron chi connectivity index (χ0n) is 13.4. The first-order valence-electron chi connectivity index (χ1n) is 8.24. The maximum atomic E-state index is 13.0. The van der Waals surface area contributed by atoms with Gasteiger partial charge in [-0.3, -0.25) is 14.8 Å². The Balaban J connectivity index is 1.53. The summed E-state index contributed by atoms with van der Waals surface area (Å²) in [5, 5.41) is 10.3. The fourth-order valence-corrected chi connectivity index (χ4v) is 4.75. The molecule has 0 aliphatic carbocycles. The van der Waals surface area contributed by atoms with Crippen molar-refractivity contribution < 1.29 is 4.79 Å². The second-order valence-corrected chi connectivity index (χ2v) is 7.70. The molecule has 2 bridgehead atoms. The van der Waals surface area contributed by atoms with Gasteiger partial charge in [-0.15, -0.1) is 11.3 Å². The fourth-order valence-electron chi connectivity index (χ4n) is 4.02. The average Bonchev–Trinajstić information content (AvgIpc) is 3.35. The molecular formula is C18H18N4OS. The van der Waals surface area contributed by atoms with Crippen LogP contribution in [0.3, 0.4) is 0 Å². The molecule has 2 saturated heterocycles. The largest absolute Gasteiger partial charge is 0.331 e. The number of nitrogens with zero attached hydrogens (tertiary/aromatic N) is 3. The van der Waals surface area contributed by atoms with E-state index >= 15 is 0 Å². The highest BCUT2D eigenvalue weighted by atomic mass is 32.1. The highest BCUT2D eigenvalue weighted by molar-refractivity contribution is 7.13. The lowest BCUT2D eigenvalue weighted by Crippen LogP contribution is -2.47. The first-order chi connectivity index (χ1) is 11.7. The van der Waals surface area contributed by atoms with Crippen LogP contribution < -0.4 is 0 Å². The van der Waals surface area contributed by atoms with E-state index in [4.69, 9.17) is 0 Å². The zero-order chi connectivity index (χ0) is 16.3. The van der Waals surface area contributed by atoms with Gasteiger partial charge >= 0.3 is 0 Å². The van der Waals surface area contributed by atoms with Crippen molar-refractivity contribution in [3.05, 3.63) is 41.4 Å². The molecule has 4 heterocycles. The van der Waals surface area contributed by atoms with Crippen LogP contribution in [-0.4, -0.2) is 58.1 Å². The number of fused-ring (bicyclic) bond motifs is 3. The summed E-state index contributed by atoms with van der Waals surface area (Å²) in [7, 11) is 2.14. The molecular weight excluding hydrogens is 320 g/mol. The van der Waals surface area contributed by atoms with Crippen LogP contribution in [0.2, 0.25) is 0 Å². The summed E-state index contributed by atoms with van der Waals surface area (Å²) in [5.41, 5.74) is 2.61. The number of likely N-dealkylation sites (N-methyl/N-ethyl adjacent to an activating group) is 1. The minimum atomic E-state index is 0.0604. The summed E-state index contributed by atoms with van der Waals surface area (Å²) >= 11 is 1.71. The van der Waals surface area contributed by atoms with Crippen molar-refractivity contribution in [2.75, 3.05) is 20.1 Å². The van der Waals surface area contributed by atoms with Crippen LogP contribution >= 0.6 is 11.3 Å². The molecule has 2 atom stereocenters. The second-order valence-electron chi connectivity index (χ2n) is 6.75. The summed E-state index contributed by atoms with van der Waals surface area (Å²) in [6, 6.07) is 11.2. The van der Waals surface area contributed by atoms with Gasteiger partial charge in [-0.05, 0) is 42.6 Å². The van der Waals surface area contributed by atoms with Gasteiger partial charge in [0, 0.05) is 35.4 Å². The number of nitrogens with one attached hydrogen (secondary N) is 1. The molecule has 5 nitrogen and oxygen atoms in total. The Morgan fingerprint density at radius 3 is 2.92 bits per heavy atom. The smallest absolute Gasteiger partial charge is 0.275 e. The van der Waals surface area contributed by atoms with Crippen molar-refractivity contribution >= 4 is 28.1 Å². The Bertz CT molecular complexity index is 914. The Morgan fingerprint density at radius 1 is 1.29 bits per heavy atom. The number of amides is 1. The molecule has 2 aromatic heterocycles. The Kier molecular flexibility index (Phi) is 3.05. The standard InChI is InChI=1S/C18H18N4OS/c1-21-9-13-8-12(21)10-22(13)18(23)17-14-7-11(16-3-2-6-24-16)4-5-15(14)19-20-17/h2-7,12-13H,8-10H2,1H3,(H,19,20)/t12-,13-/m0/s1. The summed E-state index contributed by atoms with van der Waals surface area (Å²) in [6.07, 6.45) is 1.09. The third-order valence-corrected chi connectivity index (χ3v) is 6.27. The van der Waals surface area contributed by atoms with E-state index in [2.05, 4.69) is 45.7 Å². The van der Waals surface area contributed by atoms with Crippen LogP contribution in [0.1, 0.15) is 16.9 Å². The van der Waals surface area contributed by atoms with Gasteiger partial charge in [-0.1, -0.05) is 12.1 Å². The van der Waals surface area contributed by atoms with Crippen LogP contribution in [0, 0.1) is 0 Å². The molecule has 1 amide bonds. The lowest BCUT2D eigenvalue weighted by Gasteiger charge is -2.31. The van der Waals surface area contributed by atoms with E-state index in [1.165, 1.54) is 4.88 Å². The molecule has 0 unspecified atom stereocenters. The SMILES string of the molecule is CN1C[C@@H]2C[C@H]1CN2C(=O)c1n[nH]c2ccc(-c3cccs3)cc12. The minimum Gasteiger partial charge on any atom is -0.331 e. The first-order valence-corrected chi connectivity index (χ1v) is 9.12. The van der Waals surface area contributed by atoms with Gasteiger partial charge in [0.2, 0.25) is 0 Å². The molecule has 0 spiro atoms. The monoisotopic (exact) mass is 338 g/mol. The van der Waals surface area contributed by atoms with E-state index < -0.39 is 0 Å². The number of thiophene rings is 1. The second kappa shape index (κ2) is 5.16.